The number of carbonyl (C=O) groups excluding carboxylic acids is 1. The van der Waals surface area contributed by atoms with E-state index in [0.717, 1.165) is 0 Å². The summed E-state index contributed by atoms with van der Waals surface area (Å²) in [7, 11) is 0. The van der Waals surface area contributed by atoms with Gasteiger partial charge in [-0.25, -0.2) is 5.32 Å². The number of rotatable bonds is 0. The van der Waals surface area contributed by atoms with Crippen molar-refractivity contribution in [1.82, 2.24) is 5.32 Å². The van der Waals surface area contributed by atoms with Gasteiger partial charge in [-0.15, -0.1) is 0 Å². The minimum Gasteiger partial charge on any atom is -0.267 e. The Kier molecular flexibility index (Phi) is 1.95. The predicted octanol–water partition coefficient (Wildman–Crippen LogP) is 1.33. The number of carbonyl (C=O) groups is 1. The SMILES string of the molecule is CC1=[C][N]C(=O)C=C1C(F)(F)F. The van der Waals surface area contributed by atoms with Crippen LogP contribution in [0.4, 0.5) is 13.2 Å². The second-order valence-corrected chi connectivity index (χ2v) is 2.24. The molecule has 64 valence electrons. The van der Waals surface area contributed by atoms with Crippen molar-refractivity contribution in [2.45, 2.75) is 13.1 Å². The average Bonchev–Trinajstić information content (AvgIpc) is 1.92. The first-order valence-corrected chi connectivity index (χ1v) is 3.05. The molecule has 2 radical (unpaired) electrons. The van der Waals surface area contributed by atoms with Crippen molar-refractivity contribution in [3.8, 4) is 0 Å². The molecule has 1 aliphatic rings. The van der Waals surface area contributed by atoms with Crippen LogP contribution in [0.2, 0.25) is 0 Å². The zero-order valence-electron chi connectivity index (χ0n) is 6.07. The maximum Gasteiger partial charge on any atom is 0.416 e. The lowest BCUT2D eigenvalue weighted by Crippen LogP contribution is -2.22. The Morgan fingerprint density at radius 2 is 2.08 bits per heavy atom. The molecule has 12 heavy (non-hydrogen) atoms. The molecule has 1 rings (SSSR count). The third kappa shape index (κ3) is 1.66. The molecule has 0 N–H and O–H groups in total. The van der Waals surface area contributed by atoms with Gasteiger partial charge in [0.15, 0.2) is 0 Å². The second-order valence-electron chi connectivity index (χ2n) is 2.24. The van der Waals surface area contributed by atoms with Crippen LogP contribution in [-0.4, -0.2) is 12.1 Å². The number of amides is 1. The predicted molar refractivity (Wildman–Crippen MR) is 33.7 cm³/mol. The van der Waals surface area contributed by atoms with E-state index in [0.29, 0.717) is 6.08 Å². The number of hydrogen-bond donors (Lipinski definition) is 0. The fourth-order valence-corrected chi connectivity index (χ4v) is 0.758. The van der Waals surface area contributed by atoms with Crippen molar-refractivity contribution < 1.29 is 18.0 Å². The number of hydrogen-bond acceptors (Lipinski definition) is 1. The highest BCUT2D eigenvalue weighted by molar-refractivity contribution is 5.90. The lowest BCUT2D eigenvalue weighted by Gasteiger charge is -2.13. The summed E-state index contributed by atoms with van der Waals surface area (Å²) in [5.41, 5.74) is -1.13. The van der Waals surface area contributed by atoms with Gasteiger partial charge in [0.05, 0.1) is 11.8 Å². The quantitative estimate of drug-likeness (QED) is 0.546. The number of nitrogens with zero attached hydrogens (tertiary/aromatic N) is 1. The fourth-order valence-electron chi connectivity index (χ4n) is 0.758. The first-order chi connectivity index (χ1) is 5.41. The van der Waals surface area contributed by atoms with Gasteiger partial charge in [-0.2, -0.15) is 13.2 Å². The molecule has 0 saturated carbocycles. The van der Waals surface area contributed by atoms with E-state index in [1.54, 1.807) is 0 Å². The Bertz CT molecular complexity index is 275. The Hall–Kier alpha value is -1.26. The van der Waals surface area contributed by atoms with Gasteiger partial charge >= 0.3 is 6.18 Å². The third-order valence-electron chi connectivity index (χ3n) is 1.31. The van der Waals surface area contributed by atoms with Gasteiger partial charge < -0.3 is 0 Å². The second kappa shape index (κ2) is 2.66. The van der Waals surface area contributed by atoms with E-state index in [2.05, 4.69) is 5.32 Å². The van der Waals surface area contributed by atoms with Crippen molar-refractivity contribution in [2.75, 3.05) is 0 Å². The summed E-state index contributed by atoms with van der Waals surface area (Å²) >= 11 is 0. The van der Waals surface area contributed by atoms with Crippen molar-refractivity contribution in [2.24, 2.45) is 0 Å². The van der Waals surface area contributed by atoms with Crippen molar-refractivity contribution in [3.63, 3.8) is 0 Å². The highest BCUT2D eigenvalue weighted by Crippen LogP contribution is 2.31. The number of alkyl halides is 3. The van der Waals surface area contributed by atoms with Gasteiger partial charge in [0.25, 0.3) is 5.91 Å². The van der Waals surface area contributed by atoms with E-state index in [4.69, 9.17) is 0 Å². The monoisotopic (exact) mass is 175 g/mol. The zero-order valence-corrected chi connectivity index (χ0v) is 6.07. The molecule has 2 nitrogen and oxygen atoms in total. The largest absolute Gasteiger partial charge is 0.416 e. The smallest absolute Gasteiger partial charge is 0.267 e. The van der Waals surface area contributed by atoms with Gasteiger partial charge in [-0.05, 0) is 12.5 Å². The number of allylic oxidation sites excluding steroid dienone is 2. The Morgan fingerprint density at radius 3 is 2.50 bits per heavy atom. The lowest BCUT2D eigenvalue weighted by molar-refractivity contribution is -0.118. The normalized spacial score (nSPS) is 18.2. The molecule has 0 aliphatic carbocycles. The van der Waals surface area contributed by atoms with Crippen molar-refractivity contribution in [3.05, 3.63) is 23.4 Å². The molecule has 0 aromatic rings. The highest BCUT2D eigenvalue weighted by Gasteiger charge is 2.36. The summed E-state index contributed by atoms with van der Waals surface area (Å²) in [6.45, 7) is 1.20. The molecule has 0 atom stereocenters. The Labute approximate surface area is 66.8 Å². The summed E-state index contributed by atoms with van der Waals surface area (Å²) in [6.07, 6.45) is -2.04. The summed E-state index contributed by atoms with van der Waals surface area (Å²) in [4.78, 5) is 10.4. The first kappa shape index (κ1) is 8.83. The van der Waals surface area contributed by atoms with E-state index in [-0.39, 0.29) is 5.57 Å². The van der Waals surface area contributed by atoms with Crippen LogP contribution in [0.25, 0.3) is 0 Å². The van der Waals surface area contributed by atoms with Crippen LogP contribution in [0.15, 0.2) is 17.2 Å². The van der Waals surface area contributed by atoms with Crippen LogP contribution < -0.4 is 5.32 Å². The van der Waals surface area contributed by atoms with Gasteiger partial charge in [0.1, 0.15) is 0 Å². The molecule has 0 saturated heterocycles. The molecule has 0 aromatic heterocycles. The fraction of sp³-hybridized carbons (Fsp3) is 0.286. The van der Waals surface area contributed by atoms with E-state index >= 15 is 0 Å². The summed E-state index contributed by atoms with van der Waals surface area (Å²) < 4.78 is 36.1. The molecule has 0 aromatic carbocycles. The standard InChI is InChI=1S/C7H4F3NO/c1-4-3-11-6(12)2-5(4)7(8,9)10/h2H,1H3. The van der Waals surface area contributed by atoms with Crippen LogP contribution >= 0.6 is 0 Å². The average molecular weight is 175 g/mol. The highest BCUT2D eigenvalue weighted by atomic mass is 19.4. The minimum atomic E-state index is -4.50. The van der Waals surface area contributed by atoms with Crippen LogP contribution in [0, 0.1) is 6.20 Å². The molecule has 5 heteroatoms. The lowest BCUT2D eigenvalue weighted by atomic mass is 10.1. The van der Waals surface area contributed by atoms with Crippen molar-refractivity contribution in [1.29, 1.82) is 0 Å². The van der Waals surface area contributed by atoms with Crippen molar-refractivity contribution >= 4 is 5.91 Å². The van der Waals surface area contributed by atoms with Crippen LogP contribution in [0.5, 0.6) is 0 Å². The van der Waals surface area contributed by atoms with Crippen LogP contribution in [0.3, 0.4) is 0 Å². The van der Waals surface area contributed by atoms with E-state index in [1.165, 1.54) is 6.92 Å². The maximum absolute atomic E-state index is 12.0. The number of halogens is 3. The molecule has 1 amide bonds. The minimum absolute atomic E-state index is 0.165. The molecular weight excluding hydrogens is 171 g/mol. The zero-order chi connectivity index (χ0) is 9.35. The van der Waals surface area contributed by atoms with Crippen LogP contribution in [-0.2, 0) is 4.79 Å². The Morgan fingerprint density at radius 1 is 1.50 bits per heavy atom. The van der Waals surface area contributed by atoms with E-state index in [9.17, 15) is 18.0 Å². The summed E-state index contributed by atoms with van der Waals surface area (Å²) in [5.74, 6) is -0.923. The molecular formula is C7H4F3NO. The van der Waals surface area contributed by atoms with E-state index < -0.39 is 17.7 Å². The first-order valence-electron chi connectivity index (χ1n) is 3.05. The molecule has 0 spiro atoms. The summed E-state index contributed by atoms with van der Waals surface area (Å²) in [6, 6.07) is 0. The molecule has 1 aliphatic heterocycles. The van der Waals surface area contributed by atoms with Gasteiger partial charge in [0, 0.05) is 6.08 Å². The Balaban J connectivity index is 3.02. The third-order valence-corrected chi connectivity index (χ3v) is 1.31. The molecule has 0 unspecified atom stereocenters. The topological polar surface area (TPSA) is 31.2 Å². The van der Waals surface area contributed by atoms with Gasteiger partial charge in [-0.3, -0.25) is 4.79 Å². The van der Waals surface area contributed by atoms with E-state index in [1.807, 2.05) is 6.20 Å². The molecule has 0 fully saturated rings. The van der Waals surface area contributed by atoms with Gasteiger partial charge in [0.2, 0.25) is 0 Å². The van der Waals surface area contributed by atoms with Crippen LogP contribution in [0.1, 0.15) is 6.92 Å². The van der Waals surface area contributed by atoms with Gasteiger partial charge in [-0.1, -0.05) is 0 Å². The maximum atomic E-state index is 12.0. The molecule has 1 heterocycles. The summed E-state index contributed by atoms with van der Waals surface area (Å²) in [5, 5.41) is 3.07. The molecule has 0 bridgehead atoms.